The second-order valence-electron chi connectivity index (χ2n) is 5.55. The van der Waals surface area contributed by atoms with E-state index in [0.29, 0.717) is 0 Å². The van der Waals surface area contributed by atoms with Crippen LogP contribution >= 0.6 is 0 Å². The maximum atomic E-state index is 13.2. The van der Waals surface area contributed by atoms with Gasteiger partial charge in [-0.2, -0.15) is 4.40 Å². The summed E-state index contributed by atoms with van der Waals surface area (Å²) in [5.74, 6) is -0.216. The van der Waals surface area contributed by atoms with Crippen molar-refractivity contribution in [1.82, 2.24) is 0 Å². The topological polar surface area (TPSA) is 29.4 Å². The predicted molar refractivity (Wildman–Crippen MR) is 73.8 cm³/mol. The van der Waals surface area contributed by atoms with Gasteiger partial charge in [0.15, 0.2) is 0 Å². The van der Waals surface area contributed by atoms with Gasteiger partial charge in [-0.3, -0.25) is 0 Å². The van der Waals surface area contributed by atoms with Gasteiger partial charge in [0.25, 0.3) is 0 Å². The lowest BCUT2D eigenvalue weighted by molar-refractivity contribution is 0.623. The van der Waals surface area contributed by atoms with Gasteiger partial charge in [-0.1, -0.05) is 0 Å². The zero-order valence-corrected chi connectivity index (χ0v) is 11.8. The van der Waals surface area contributed by atoms with Gasteiger partial charge in [-0.15, -0.1) is 0 Å². The number of fused-ring (bicyclic) bond motifs is 1. The molecule has 0 saturated heterocycles. The van der Waals surface area contributed by atoms with Crippen LogP contribution in [-0.2, 0) is 17.4 Å². The third-order valence-corrected chi connectivity index (χ3v) is 4.39. The van der Waals surface area contributed by atoms with Crippen molar-refractivity contribution in [3.63, 3.8) is 0 Å². The number of rotatable bonds is 1. The van der Waals surface area contributed by atoms with E-state index in [1.54, 1.807) is 12.1 Å². The minimum atomic E-state index is -1.25. The van der Waals surface area contributed by atoms with Gasteiger partial charge < -0.3 is 0 Å². The molecular formula is C14H18FNOS. The number of benzene rings is 1. The quantitative estimate of drug-likeness (QED) is 0.766. The fourth-order valence-corrected chi connectivity index (χ4v) is 2.63. The number of hydrogen-bond acceptors (Lipinski definition) is 1. The van der Waals surface area contributed by atoms with Gasteiger partial charge in [0, 0.05) is 5.56 Å². The summed E-state index contributed by atoms with van der Waals surface area (Å²) in [7, 11) is -1.25. The molecule has 0 amide bonds. The van der Waals surface area contributed by atoms with Crippen LogP contribution in [0.2, 0.25) is 0 Å². The summed E-state index contributed by atoms with van der Waals surface area (Å²) in [6.07, 6.45) is 2.63. The number of hydrogen-bond donors (Lipinski definition) is 0. The Labute approximate surface area is 110 Å². The molecule has 0 N–H and O–H groups in total. The molecule has 2 nitrogen and oxygen atoms in total. The molecule has 0 aliphatic heterocycles. The van der Waals surface area contributed by atoms with Crippen molar-refractivity contribution in [2.75, 3.05) is 0 Å². The van der Waals surface area contributed by atoms with E-state index >= 15 is 0 Å². The van der Waals surface area contributed by atoms with Crippen LogP contribution in [0.3, 0.4) is 0 Å². The van der Waals surface area contributed by atoms with Crippen molar-refractivity contribution in [2.24, 2.45) is 4.40 Å². The van der Waals surface area contributed by atoms with Crippen LogP contribution < -0.4 is 0 Å². The van der Waals surface area contributed by atoms with Crippen molar-refractivity contribution in [1.29, 1.82) is 0 Å². The van der Waals surface area contributed by atoms with Crippen molar-refractivity contribution in [2.45, 2.75) is 44.8 Å². The second-order valence-corrected chi connectivity index (χ2v) is 7.46. The van der Waals surface area contributed by atoms with E-state index in [9.17, 15) is 8.60 Å². The van der Waals surface area contributed by atoms with Gasteiger partial charge in [0.2, 0.25) is 0 Å². The van der Waals surface area contributed by atoms with E-state index in [1.165, 1.54) is 6.07 Å². The smallest absolute Gasteiger partial charge is 0.145 e. The van der Waals surface area contributed by atoms with Crippen LogP contribution in [0.5, 0.6) is 0 Å². The Hall–Kier alpha value is -1.03. The standard InChI is InChI=1S/C14H18FNOS/c1-14(2,3)18(17)16-13-6-4-5-10-9-11(15)7-8-12(10)13/h7-9H,4-6H2,1-3H3. The van der Waals surface area contributed by atoms with Crippen LogP contribution in [0.25, 0.3) is 0 Å². The summed E-state index contributed by atoms with van der Waals surface area (Å²) in [6, 6.07) is 4.76. The molecule has 0 heterocycles. The first-order valence-corrected chi connectivity index (χ1v) is 7.27. The van der Waals surface area contributed by atoms with Crippen molar-refractivity contribution in [3.05, 3.63) is 35.1 Å². The Morgan fingerprint density at radius 3 is 2.67 bits per heavy atom. The van der Waals surface area contributed by atoms with E-state index in [0.717, 1.165) is 36.1 Å². The normalized spacial score (nSPS) is 19.7. The minimum absolute atomic E-state index is 0.216. The first-order valence-electron chi connectivity index (χ1n) is 6.16. The average molecular weight is 267 g/mol. The highest BCUT2D eigenvalue weighted by molar-refractivity contribution is 7.85. The lowest BCUT2D eigenvalue weighted by Crippen LogP contribution is -2.22. The molecule has 0 bridgehead atoms. The predicted octanol–water partition coefficient (Wildman–Crippen LogP) is 3.41. The largest absolute Gasteiger partial charge is 0.234 e. The molecule has 0 radical (unpaired) electrons. The van der Waals surface area contributed by atoms with Crippen molar-refractivity contribution in [3.8, 4) is 0 Å². The highest BCUT2D eigenvalue weighted by atomic mass is 32.2. The fourth-order valence-electron chi connectivity index (χ4n) is 1.96. The summed E-state index contributed by atoms with van der Waals surface area (Å²) < 4.78 is 29.2. The molecule has 0 spiro atoms. The van der Waals surface area contributed by atoms with Gasteiger partial charge in [0.05, 0.1) is 10.5 Å². The summed E-state index contributed by atoms with van der Waals surface area (Å²) in [4.78, 5) is 0. The molecule has 1 atom stereocenters. The number of nitrogens with zero attached hydrogens (tertiary/aromatic N) is 1. The SMILES string of the molecule is CC(C)(C)S(=O)N=C1CCCc2cc(F)ccc21. The van der Waals surface area contributed by atoms with E-state index < -0.39 is 11.0 Å². The first kappa shape index (κ1) is 13.4. The number of aryl methyl sites for hydroxylation is 1. The van der Waals surface area contributed by atoms with Crippen LogP contribution in [0.1, 0.15) is 44.7 Å². The lowest BCUT2D eigenvalue weighted by atomic mass is 9.90. The molecule has 98 valence electrons. The molecule has 1 aromatic rings. The van der Waals surface area contributed by atoms with Gasteiger partial charge in [-0.25, -0.2) is 8.60 Å². The van der Waals surface area contributed by atoms with Crippen molar-refractivity contribution >= 4 is 16.7 Å². The molecule has 0 aromatic heterocycles. The Balaban J connectivity index is 2.39. The van der Waals surface area contributed by atoms with Gasteiger partial charge in [0.1, 0.15) is 16.8 Å². The molecular weight excluding hydrogens is 249 g/mol. The number of halogens is 1. The zero-order valence-electron chi connectivity index (χ0n) is 11.0. The van der Waals surface area contributed by atoms with E-state index in [2.05, 4.69) is 4.40 Å². The molecule has 1 unspecified atom stereocenters. The Morgan fingerprint density at radius 1 is 1.28 bits per heavy atom. The van der Waals surface area contributed by atoms with Crippen LogP contribution in [0, 0.1) is 5.82 Å². The van der Waals surface area contributed by atoms with Crippen LogP contribution in [0.4, 0.5) is 4.39 Å². The van der Waals surface area contributed by atoms with Gasteiger partial charge >= 0.3 is 0 Å². The maximum Gasteiger partial charge on any atom is 0.145 e. The summed E-state index contributed by atoms with van der Waals surface area (Å²) >= 11 is 0. The molecule has 4 heteroatoms. The van der Waals surface area contributed by atoms with Crippen LogP contribution in [-0.4, -0.2) is 14.7 Å². The Morgan fingerprint density at radius 2 is 2.00 bits per heavy atom. The highest BCUT2D eigenvalue weighted by Gasteiger charge is 2.22. The summed E-state index contributed by atoms with van der Waals surface area (Å²) in [6.45, 7) is 5.71. The lowest BCUT2D eigenvalue weighted by Gasteiger charge is -2.20. The second kappa shape index (κ2) is 4.92. The molecule has 18 heavy (non-hydrogen) atoms. The molecule has 1 aromatic carbocycles. The van der Waals surface area contributed by atoms with E-state index in [4.69, 9.17) is 0 Å². The molecule has 0 saturated carbocycles. The molecule has 1 aliphatic carbocycles. The van der Waals surface area contributed by atoms with Crippen LogP contribution in [0.15, 0.2) is 22.6 Å². The molecule has 0 fully saturated rings. The van der Waals surface area contributed by atoms with E-state index in [-0.39, 0.29) is 10.6 Å². The third-order valence-electron chi connectivity index (χ3n) is 2.95. The molecule has 1 aliphatic rings. The Kier molecular flexibility index (Phi) is 3.66. The third kappa shape index (κ3) is 2.86. The summed E-state index contributed by atoms with van der Waals surface area (Å²) in [5.41, 5.74) is 2.79. The van der Waals surface area contributed by atoms with E-state index in [1.807, 2.05) is 20.8 Å². The van der Waals surface area contributed by atoms with Gasteiger partial charge in [-0.05, 0) is 63.8 Å². The minimum Gasteiger partial charge on any atom is -0.234 e. The summed E-state index contributed by atoms with van der Waals surface area (Å²) in [5, 5.41) is 0. The Bertz CT molecular complexity index is 517. The molecule has 2 rings (SSSR count). The highest BCUT2D eigenvalue weighted by Crippen LogP contribution is 2.24. The maximum absolute atomic E-state index is 13.2. The first-order chi connectivity index (χ1) is 8.38. The zero-order chi connectivity index (χ0) is 13.3. The average Bonchev–Trinajstić information content (AvgIpc) is 2.27. The fraction of sp³-hybridized carbons (Fsp3) is 0.500. The monoisotopic (exact) mass is 267 g/mol. The van der Waals surface area contributed by atoms with Crippen molar-refractivity contribution < 1.29 is 8.60 Å².